The number of piperidine rings is 1. The molecule has 1 fully saturated rings. The summed E-state index contributed by atoms with van der Waals surface area (Å²) >= 11 is 3.26. The lowest BCUT2D eigenvalue weighted by molar-refractivity contribution is 0.248. The topological polar surface area (TPSA) is 75.4 Å². The zero-order valence-electron chi connectivity index (χ0n) is 10.8. The Hall–Kier alpha value is -0.630. The molecule has 1 aromatic rings. The highest BCUT2D eigenvalue weighted by Gasteiger charge is 2.23. The van der Waals surface area contributed by atoms with Gasteiger partial charge in [0.05, 0.1) is 4.90 Å². The maximum absolute atomic E-state index is 12.2. The van der Waals surface area contributed by atoms with Crippen LogP contribution in [0.3, 0.4) is 0 Å². The third kappa shape index (κ3) is 3.68. The number of benzene rings is 1. The van der Waals surface area contributed by atoms with E-state index in [0.717, 1.165) is 25.9 Å². The summed E-state index contributed by atoms with van der Waals surface area (Å²) in [7, 11) is -1.44. The Labute approximate surface area is 122 Å². The summed E-state index contributed by atoms with van der Waals surface area (Å²) < 4.78 is 28.0. The average molecular weight is 348 g/mol. The summed E-state index contributed by atoms with van der Waals surface area (Å²) in [6, 6.07) is 4.68. The van der Waals surface area contributed by atoms with Crippen LogP contribution < -0.4 is 10.5 Å². The number of hydrogen-bond acceptors (Lipinski definition) is 4. The lowest BCUT2D eigenvalue weighted by Crippen LogP contribution is -2.43. The van der Waals surface area contributed by atoms with Gasteiger partial charge in [-0.3, -0.25) is 0 Å². The highest BCUT2D eigenvalue weighted by atomic mass is 79.9. The number of nitrogens with two attached hydrogens (primary N) is 1. The van der Waals surface area contributed by atoms with Gasteiger partial charge in [-0.2, -0.15) is 0 Å². The van der Waals surface area contributed by atoms with Crippen LogP contribution in [0.4, 0.5) is 5.69 Å². The molecule has 5 nitrogen and oxygen atoms in total. The van der Waals surface area contributed by atoms with Gasteiger partial charge in [-0.15, -0.1) is 0 Å². The van der Waals surface area contributed by atoms with Gasteiger partial charge in [0.2, 0.25) is 10.0 Å². The minimum atomic E-state index is -3.49. The van der Waals surface area contributed by atoms with Crippen molar-refractivity contribution in [3.8, 4) is 0 Å². The van der Waals surface area contributed by atoms with Crippen LogP contribution in [0.5, 0.6) is 0 Å². The van der Waals surface area contributed by atoms with Crippen molar-refractivity contribution in [1.29, 1.82) is 0 Å². The molecule has 1 aliphatic heterocycles. The number of nitrogens with one attached hydrogen (secondary N) is 1. The first-order chi connectivity index (χ1) is 8.88. The molecule has 0 aromatic heterocycles. The third-order valence-corrected chi connectivity index (χ3v) is 5.56. The molecule has 2 rings (SSSR count). The van der Waals surface area contributed by atoms with E-state index in [0.29, 0.717) is 10.2 Å². The molecule has 0 radical (unpaired) electrons. The number of anilines is 1. The highest BCUT2D eigenvalue weighted by Crippen LogP contribution is 2.23. The molecule has 0 bridgehead atoms. The fourth-order valence-corrected chi connectivity index (χ4v) is 3.69. The number of halogens is 1. The zero-order valence-corrected chi connectivity index (χ0v) is 13.2. The van der Waals surface area contributed by atoms with Gasteiger partial charge < -0.3 is 10.6 Å². The molecule has 7 heteroatoms. The molecule has 1 saturated heterocycles. The second kappa shape index (κ2) is 5.78. The Bertz CT molecular complexity index is 554. The minimum absolute atomic E-state index is 0.00562. The lowest BCUT2D eigenvalue weighted by Gasteiger charge is -2.29. The third-order valence-electron chi connectivity index (χ3n) is 3.32. The molecule has 3 N–H and O–H groups in total. The van der Waals surface area contributed by atoms with Crippen molar-refractivity contribution < 1.29 is 8.42 Å². The first kappa shape index (κ1) is 14.8. The number of sulfonamides is 1. The summed E-state index contributed by atoms with van der Waals surface area (Å²) in [6.45, 7) is 1.82. The Morgan fingerprint density at radius 3 is 2.58 bits per heavy atom. The van der Waals surface area contributed by atoms with E-state index in [9.17, 15) is 8.42 Å². The van der Waals surface area contributed by atoms with E-state index in [1.54, 1.807) is 12.1 Å². The second-order valence-electron chi connectivity index (χ2n) is 4.88. The van der Waals surface area contributed by atoms with Crippen LogP contribution in [0.25, 0.3) is 0 Å². The first-order valence-electron chi connectivity index (χ1n) is 6.14. The van der Waals surface area contributed by atoms with Gasteiger partial charge in [-0.25, -0.2) is 13.1 Å². The van der Waals surface area contributed by atoms with Crippen LogP contribution in [0.1, 0.15) is 12.8 Å². The number of rotatable bonds is 3. The molecule has 0 unspecified atom stereocenters. The Balaban J connectivity index is 2.11. The van der Waals surface area contributed by atoms with Gasteiger partial charge in [0.25, 0.3) is 0 Å². The smallest absolute Gasteiger partial charge is 0.240 e. The van der Waals surface area contributed by atoms with Crippen LogP contribution in [0.15, 0.2) is 27.6 Å². The zero-order chi connectivity index (χ0) is 14.0. The molecule has 0 amide bonds. The predicted molar refractivity (Wildman–Crippen MR) is 79.4 cm³/mol. The average Bonchev–Trinajstić information content (AvgIpc) is 2.35. The van der Waals surface area contributed by atoms with Crippen molar-refractivity contribution in [3.63, 3.8) is 0 Å². The van der Waals surface area contributed by atoms with E-state index in [1.807, 2.05) is 7.05 Å². The van der Waals surface area contributed by atoms with Gasteiger partial charge in [0, 0.05) is 16.2 Å². The van der Waals surface area contributed by atoms with Crippen molar-refractivity contribution in [3.05, 3.63) is 22.7 Å². The van der Waals surface area contributed by atoms with Crippen LogP contribution >= 0.6 is 15.9 Å². The molecule has 106 valence electrons. The Kier molecular flexibility index (Phi) is 4.50. The molecule has 0 atom stereocenters. The number of nitrogens with zero attached hydrogens (tertiary/aromatic N) is 1. The first-order valence-corrected chi connectivity index (χ1v) is 8.42. The molecule has 0 aliphatic carbocycles. The van der Waals surface area contributed by atoms with Crippen molar-refractivity contribution in [2.24, 2.45) is 0 Å². The number of nitrogen functional groups attached to an aromatic ring is 1. The highest BCUT2D eigenvalue weighted by molar-refractivity contribution is 9.10. The van der Waals surface area contributed by atoms with Crippen LogP contribution in [0.2, 0.25) is 0 Å². The molecule has 1 aliphatic rings. The van der Waals surface area contributed by atoms with E-state index < -0.39 is 10.0 Å². The Morgan fingerprint density at radius 1 is 1.37 bits per heavy atom. The predicted octanol–water partition coefficient (Wildman–Crippen LogP) is 1.40. The summed E-state index contributed by atoms with van der Waals surface area (Å²) in [5.74, 6) is 0. The van der Waals surface area contributed by atoms with Crippen LogP contribution in [-0.2, 0) is 10.0 Å². The van der Waals surface area contributed by atoms with Crippen molar-refractivity contribution >= 4 is 31.6 Å². The van der Waals surface area contributed by atoms with Crippen molar-refractivity contribution in [2.75, 3.05) is 25.9 Å². The maximum atomic E-state index is 12.2. The van der Waals surface area contributed by atoms with E-state index in [2.05, 4.69) is 25.6 Å². The molecule has 0 saturated carbocycles. The van der Waals surface area contributed by atoms with Crippen molar-refractivity contribution in [1.82, 2.24) is 9.62 Å². The van der Waals surface area contributed by atoms with E-state index in [4.69, 9.17) is 5.73 Å². The lowest BCUT2D eigenvalue weighted by atomic mass is 10.1. The van der Waals surface area contributed by atoms with E-state index in [1.165, 1.54) is 6.07 Å². The molecule has 19 heavy (non-hydrogen) atoms. The summed E-state index contributed by atoms with van der Waals surface area (Å²) in [5.41, 5.74) is 6.15. The monoisotopic (exact) mass is 347 g/mol. The molecule has 0 spiro atoms. The summed E-state index contributed by atoms with van der Waals surface area (Å²) in [5, 5.41) is 0. The quantitative estimate of drug-likeness (QED) is 0.810. The van der Waals surface area contributed by atoms with Gasteiger partial charge in [0.15, 0.2) is 0 Å². The minimum Gasteiger partial charge on any atom is -0.398 e. The molecule has 1 aromatic carbocycles. The second-order valence-corrected chi connectivity index (χ2v) is 7.45. The van der Waals surface area contributed by atoms with E-state index >= 15 is 0 Å². The molecular weight excluding hydrogens is 330 g/mol. The maximum Gasteiger partial charge on any atom is 0.240 e. The normalized spacial score (nSPS) is 18.6. The number of likely N-dealkylation sites (tertiary alicyclic amines) is 1. The summed E-state index contributed by atoms with van der Waals surface area (Å²) in [4.78, 5) is 2.41. The number of hydrogen-bond donors (Lipinski definition) is 2. The van der Waals surface area contributed by atoms with Gasteiger partial charge >= 0.3 is 0 Å². The fourth-order valence-electron chi connectivity index (χ4n) is 2.10. The Morgan fingerprint density at radius 2 is 2.00 bits per heavy atom. The van der Waals surface area contributed by atoms with E-state index in [-0.39, 0.29) is 10.9 Å². The summed E-state index contributed by atoms with van der Waals surface area (Å²) in [6.07, 6.45) is 1.67. The largest absolute Gasteiger partial charge is 0.398 e. The SMILES string of the molecule is CN1CCC(NS(=O)(=O)c2ccc(Br)c(N)c2)CC1. The van der Waals surface area contributed by atoms with Crippen molar-refractivity contribution in [2.45, 2.75) is 23.8 Å². The van der Waals surface area contributed by atoms with Gasteiger partial charge in [0.1, 0.15) is 0 Å². The van der Waals surface area contributed by atoms with Crippen LogP contribution in [-0.4, -0.2) is 39.5 Å². The van der Waals surface area contributed by atoms with Crippen LogP contribution in [0, 0.1) is 0 Å². The van der Waals surface area contributed by atoms with Gasteiger partial charge in [-0.05, 0) is 67.1 Å². The molecular formula is C12H18BrN3O2S. The standard InChI is InChI=1S/C12H18BrN3O2S/c1-16-6-4-9(5-7-16)15-19(17,18)10-2-3-11(13)12(14)8-10/h2-3,8-9,15H,4-7,14H2,1H3. The molecule has 1 heterocycles. The van der Waals surface area contributed by atoms with Gasteiger partial charge in [-0.1, -0.05) is 0 Å². The fraction of sp³-hybridized carbons (Fsp3) is 0.500.